The summed E-state index contributed by atoms with van der Waals surface area (Å²) in [6, 6.07) is 6.34. The molecule has 0 fully saturated rings. The van der Waals surface area contributed by atoms with Crippen LogP contribution in [-0.4, -0.2) is 20.5 Å². The highest BCUT2D eigenvalue weighted by Crippen LogP contribution is 2.09. The zero-order valence-corrected chi connectivity index (χ0v) is 11.7. The number of carbonyl (C=O) groups is 1. The third-order valence-corrected chi connectivity index (χ3v) is 2.93. The van der Waals surface area contributed by atoms with Crippen LogP contribution in [0.2, 0.25) is 0 Å². The van der Waals surface area contributed by atoms with Crippen LogP contribution in [-0.2, 0) is 24.2 Å². The zero-order chi connectivity index (χ0) is 14.5. The molecule has 0 saturated carbocycles. The minimum absolute atomic E-state index is 0.0619. The monoisotopic (exact) mass is 275 g/mol. The lowest BCUT2D eigenvalue weighted by atomic mass is 10.1. The summed E-state index contributed by atoms with van der Waals surface area (Å²) in [5.74, 6) is 0.662. The first-order valence-electron chi connectivity index (χ1n) is 6.68. The third kappa shape index (κ3) is 3.73. The average Bonchev–Trinajstić information content (AvgIpc) is 2.78. The van der Waals surface area contributed by atoms with Gasteiger partial charge in [-0.3, -0.25) is 4.79 Å². The van der Waals surface area contributed by atoms with Crippen LogP contribution in [0, 0.1) is 11.7 Å². The van der Waals surface area contributed by atoms with Gasteiger partial charge in [-0.1, -0.05) is 32.0 Å². The van der Waals surface area contributed by atoms with Gasteiger partial charge in [0, 0.05) is 13.0 Å². The summed E-state index contributed by atoms with van der Waals surface area (Å²) < 4.78 is 15.2. The van der Waals surface area contributed by atoms with E-state index in [1.807, 2.05) is 0 Å². The topological polar surface area (TPSA) is 47.8 Å². The first-order valence-corrected chi connectivity index (χ1v) is 6.68. The van der Waals surface area contributed by atoms with Gasteiger partial charge >= 0.3 is 0 Å². The van der Waals surface area contributed by atoms with E-state index in [0.717, 1.165) is 6.54 Å². The predicted molar refractivity (Wildman–Crippen MR) is 73.7 cm³/mol. The van der Waals surface area contributed by atoms with Crippen LogP contribution in [0.15, 0.2) is 30.6 Å². The van der Waals surface area contributed by atoms with Crippen molar-refractivity contribution < 1.29 is 9.18 Å². The van der Waals surface area contributed by atoms with Crippen molar-refractivity contribution in [1.82, 2.24) is 14.8 Å². The number of ketones is 1. The summed E-state index contributed by atoms with van der Waals surface area (Å²) >= 11 is 0. The van der Waals surface area contributed by atoms with Crippen LogP contribution in [0.1, 0.15) is 25.2 Å². The summed E-state index contributed by atoms with van der Waals surface area (Å²) in [6.45, 7) is 4.88. The lowest BCUT2D eigenvalue weighted by Crippen LogP contribution is -2.15. The van der Waals surface area contributed by atoms with E-state index in [-0.39, 0.29) is 24.4 Å². The van der Waals surface area contributed by atoms with Gasteiger partial charge in [0.2, 0.25) is 0 Å². The fraction of sp³-hybridized carbons (Fsp3) is 0.400. The predicted octanol–water partition coefficient (Wildman–Crippen LogP) is 2.43. The standard InChI is InChI=1S/C15H18FN3O/c1-11(2)9-19-15(17-10-18-19)8-13(20)7-12-5-3-4-6-14(12)16/h3-6,10-11H,7-9H2,1-2H3. The second kappa shape index (κ2) is 6.41. The van der Waals surface area contributed by atoms with Crippen LogP contribution in [0.4, 0.5) is 4.39 Å². The maximum absolute atomic E-state index is 13.5. The number of aromatic nitrogens is 3. The Hall–Kier alpha value is -2.04. The number of rotatable bonds is 6. The van der Waals surface area contributed by atoms with E-state index in [9.17, 15) is 9.18 Å². The quantitative estimate of drug-likeness (QED) is 0.813. The number of Topliss-reactive ketones (excluding diaryl/α,β-unsaturated/α-hetero) is 1. The van der Waals surface area contributed by atoms with Gasteiger partial charge in [-0.05, 0) is 17.5 Å². The third-order valence-electron chi connectivity index (χ3n) is 2.93. The molecule has 1 heterocycles. The van der Waals surface area contributed by atoms with Crippen molar-refractivity contribution in [2.24, 2.45) is 5.92 Å². The fourth-order valence-electron chi connectivity index (χ4n) is 2.02. The van der Waals surface area contributed by atoms with E-state index < -0.39 is 0 Å². The van der Waals surface area contributed by atoms with Crippen LogP contribution in [0.25, 0.3) is 0 Å². The molecule has 0 atom stereocenters. The molecule has 0 spiro atoms. The van der Waals surface area contributed by atoms with Crippen molar-refractivity contribution in [2.75, 3.05) is 0 Å². The highest BCUT2D eigenvalue weighted by molar-refractivity contribution is 5.82. The van der Waals surface area contributed by atoms with Gasteiger partial charge in [0.1, 0.15) is 23.8 Å². The van der Waals surface area contributed by atoms with Gasteiger partial charge in [0.25, 0.3) is 0 Å². The minimum Gasteiger partial charge on any atom is -0.299 e. The van der Waals surface area contributed by atoms with E-state index >= 15 is 0 Å². The van der Waals surface area contributed by atoms with E-state index in [4.69, 9.17) is 0 Å². The van der Waals surface area contributed by atoms with Crippen LogP contribution in [0.5, 0.6) is 0 Å². The average molecular weight is 275 g/mol. The summed E-state index contributed by atoms with van der Waals surface area (Å²) in [6.07, 6.45) is 1.72. The van der Waals surface area contributed by atoms with Crippen molar-refractivity contribution >= 4 is 5.78 Å². The molecule has 5 heteroatoms. The number of halogens is 1. The Morgan fingerprint density at radius 1 is 1.30 bits per heavy atom. The number of hydrogen-bond acceptors (Lipinski definition) is 3. The van der Waals surface area contributed by atoms with E-state index in [0.29, 0.717) is 17.3 Å². The Bertz CT molecular complexity index is 592. The maximum atomic E-state index is 13.5. The molecule has 0 unspecified atom stereocenters. The maximum Gasteiger partial charge on any atom is 0.144 e. The van der Waals surface area contributed by atoms with Gasteiger partial charge in [0.15, 0.2) is 0 Å². The summed E-state index contributed by atoms with van der Waals surface area (Å²) in [5.41, 5.74) is 0.424. The Morgan fingerprint density at radius 2 is 2.05 bits per heavy atom. The number of benzene rings is 1. The molecule has 0 radical (unpaired) electrons. The van der Waals surface area contributed by atoms with Crippen LogP contribution in [0.3, 0.4) is 0 Å². The van der Waals surface area contributed by atoms with Gasteiger partial charge in [-0.25, -0.2) is 14.1 Å². The van der Waals surface area contributed by atoms with Crippen molar-refractivity contribution in [3.63, 3.8) is 0 Å². The highest BCUT2D eigenvalue weighted by atomic mass is 19.1. The summed E-state index contributed by atoms with van der Waals surface area (Å²) in [5, 5.41) is 4.11. The minimum atomic E-state index is -0.343. The largest absolute Gasteiger partial charge is 0.299 e. The normalized spacial score (nSPS) is 11.0. The van der Waals surface area contributed by atoms with E-state index in [1.165, 1.54) is 12.4 Å². The number of hydrogen-bond donors (Lipinski definition) is 0. The fourth-order valence-corrected chi connectivity index (χ4v) is 2.02. The molecular formula is C15H18FN3O. The highest BCUT2D eigenvalue weighted by Gasteiger charge is 2.13. The molecule has 0 aliphatic heterocycles. The van der Waals surface area contributed by atoms with Gasteiger partial charge in [0.05, 0.1) is 6.42 Å². The lowest BCUT2D eigenvalue weighted by molar-refractivity contribution is -0.118. The van der Waals surface area contributed by atoms with E-state index in [2.05, 4.69) is 23.9 Å². The van der Waals surface area contributed by atoms with Crippen molar-refractivity contribution in [3.8, 4) is 0 Å². The first kappa shape index (κ1) is 14.4. The molecule has 2 aromatic rings. The van der Waals surface area contributed by atoms with Crippen molar-refractivity contribution in [1.29, 1.82) is 0 Å². The molecular weight excluding hydrogens is 257 g/mol. The molecule has 106 valence electrons. The van der Waals surface area contributed by atoms with Crippen molar-refractivity contribution in [3.05, 3.63) is 47.8 Å². The Kier molecular flexibility index (Phi) is 4.61. The molecule has 1 aromatic carbocycles. The van der Waals surface area contributed by atoms with Gasteiger partial charge < -0.3 is 0 Å². The molecule has 0 saturated heterocycles. The molecule has 2 rings (SSSR count). The van der Waals surface area contributed by atoms with E-state index in [1.54, 1.807) is 22.9 Å². The molecule has 20 heavy (non-hydrogen) atoms. The van der Waals surface area contributed by atoms with Crippen LogP contribution < -0.4 is 0 Å². The Balaban J connectivity index is 2.02. The SMILES string of the molecule is CC(C)Cn1ncnc1CC(=O)Cc1ccccc1F. The second-order valence-electron chi connectivity index (χ2n) is 5.24. The van der Waals surface area contributed by atoms with Crippen molar-refractivity contribution in [2.45, 2.75) is 33.2 Å². The second-order valence-corrected chi connectivity index (χ2v) is 5.24. The number of nitrogens with zero attached hydrogens (tertiary/aromatic N) is 3. The van der Waals surface area contributed by atoms with Gasteiger partial charge in [-0.2, -0.15) is 5.10 Å². The molecule has 4 nitrogen and oxygen atoms in total. The Labute approximate surface area is 117 Å². The Morgan fingerprint density at radius 3 is 2.75 bits per heavy atom. The zero-order valence-electron chi connectivity index (χ0n) is 11.7. The van der Waals surface area contributed by atoms with Crippen LogP contribution >= 0.6 is 0 Å². The molecule has 1 aromatic heterocycles. The number of carbonyl (C=O) groups excluding carboxylic acids is 1. The summed E-state index contributed by atoms with van der Waals surface area (Å²) in [7, 11) is 0. The molecule has 0 amide bonds. The summed E-state index contributed by atoms with van der Waals surface area (Å²) in [4.78, 5) is 16.1. The first-order chi connectivity index (χ1) is 9.56. The molecule has 0 aliphatic carbocycles. The lowest BCUT2D eigenvalue weighted by Gasteiger charge is -2.08. The smallest absolute Gasteiger partial charge is 0.144 e. The molecule has 0 bridgehead atoms. The molecule has 0 aliphatic rings. The molecule has 0 N–H and O–H groups in total. The van der Waals surface area contributed by atoms with Gasteiger partial charge in [-0.15, -0.1) is 0 Å².